The highest BCUT2D eigenvalue weighted by molar-refractivity contribution is 7.99. The number of thioether (sulfide) groups is 1. The molecule has 0 fully saturated rings. The van der Waals surface area contributed by atoms with Gasteiger partial charge in [0.25, 0.3) is 0 Å². The number of carbonyl (C=O) groups is 2. The molecule has 1 aromatic heterocycles. The number of methoxy groups -OCH3 is 1. The highest BCUT2D eigenvalue weighted by Gasteiger charge is 2.14. The van der Waals surface area contributed by atoms with Crippen molar-refractivity contribution in [3.05, 3.63) is 23.2 Å². The van der Waals surface area contributed by atoms with E-state index in [0.29, 0.717) is 27.3 Å². The Labute approximate surface area is 147 Å². The maximum Gasteiger partial charge on any atom is 0.413 e. The number of benzene rings is 1. The molecule has 2 aromatic rings. The van der Waals surface area contributed by atoms with E-state index in [1.165, 1.54) is 0 Å². The Morgan fingerprint density at radius 2 is 2.21 bits per heavy atom. The van der Waals surface area contributed by atoms with E-state index < -0.39 is 12.0 Å². The third-order valence-electron chi connectivity index (χ3n) is 2.73. The van der Waals surface area contributed by atoms with Gasteiger partial charge in [0.1, 0.15) is 5.75 Å². The number of aromatic amines is 1. The Morgan fingerprint density at radius 3 is 2.92 bits per heavy atom. The summed E-state index contributed by atoms with van der Waals surface area (Å²) >= 11 is 7.06. The Morgan fingerprint density at radius 1 is 1.42 bits per heavy atom. The van der Waals surface area contributed by atoms with E-state index >= 15 is 0 Å². The van der Waals surface area contributed by atoms with Crippen LogP contribution >= 0.6 is 23.4 Å². The molecule has 24 heavy (non-hydrogen) atoms. The number of nitrogens with one attached hydrogen (secondary N) is 2. The van der Waals surface area contributed by atoms with Crippen LogP contribution in [0.2, 0.25) is 5.02 Å². The zero-order valence-electron chi connectivity index (χ0n) is 13.0. The monoisotopic (exact) mass is 370 g/mol. The molecule has 0 radical (unpaired) electrons. The van der Waals surface area contributed by atoms with Crippen LogP contribution in [-0.2, 0) is 9.53 Å². The number of aromatic nitrogens is 3. The fourth-order valence-electron chi connectivity index (χ4n) is 1.74. The second-order valence-electron chi connectivity index (χ2n) is 4.37. The first-order chi connectivity index (χ1) is 11.5. The summed E-state index contributed by atoms with van der Waals surface area (Å²) in [5.74, 6) is 0.530. The topological polar surface area (TPSA) is 106 Å². The van der Waals surface area contributed by atoms with Gasteiger partial charge >= 0.3 is 6.09 Å². The minimum Gasteiger partial charge on any atom is -0.496 e. The van der Waals surface area contributed by atoms with E-state index in [9.17, 15) is 9.59 Å². The maximum atomic E-state index is 11.6. The van der Waals surface area contributed by atoms with Crippen LogP contribution in [0.4, 0.5) is 4.79 Å². The summed E-state index contributed by atoms with van der Waals surface area (Å²) < 4.78 is 9.88. The Bertz CT molecular complexity index is 737. The molecule has 0 unspecified atom stereocenters. The molecule has 0 aliphatic rings. The van der Waals surface area contributed by atoms with Crippen LogP contribution in [0.1, 0.15) is 6.92 Å². The van der Waals surface area contributed by atoms with Crippen LogP contribution in [0.25, 0.3) is 11.4 Å². The number of alkyl carbamates (subject to hydrolysis) is 1. The van der Waals surface area contributed by atoms with Crippen molar-refractivity contribution in [3.8, 4) is 17.1 Å². The van der Waals surface area contributed by atoms with Crippen molar-refractivity contribution >= 4 is 35.4 Å². The minimum absolute atomic E-state index is 0.0250. The number of hydrogen-bond donors (Lipinski definition) is 2. The van der Waals surface area contributed by atoms with Gasteiger partial charge in [0, 0.05) is 5.02 Å². The molecule has 10 heteroatoms. The summed E-state index contributed by atoms with van der Waals surface area (Å²) in [6.45, 7) is 1.84. The van der Waals surface area contributed by atoms with Crippen molar-refractivity contribution in [1.29, 1.82) is 0 Å². The summed E-state index contributed by atoms with van der Waals surface area (Å²) in [6.07, 6.45) is -0.776. The molecular weight excluding hydrogens is 356 g/mol. The largest absolute Gasteiger partial charge is 0.496 e. The zero-order chi connectivity index (χ0) is 17.5. The number of halogens is 1. The Hall–Kier alpha value is -2.26. The number of hydrogen-bond acceptors (Lipinski definition) is 7. The van der Waals surface area contributed by atoms with Crippen LogP contribution in [0.15, 0.2) is 23.4 Å². The van der Waals surface area contributed by atoms with Crippen molar-refractivity contribution in [1.82, 2.24) is 20.5 Å². The molecule has 2 rings (SSSR count). The van der Waals surface area contributed by atoms with Crippen LogP contribution in [-0.4, -0.2) is 46.7 Å². The van der Waals surface area contributed by atoms with Gasteiger partial charge in [-0.1, -0.05) is 23.4 Å². The maximum absolute atomic E-state index is 11.6. The first-order valence-corrected chi connectivity index (χ1v) is 8.25. The highest BCUT2D eigenvalue weighted by atomic mass is 35.5. The predicted molar refractivity (Wildman–Crippen MR) is 89.3 cm³/mol. The van der Waals surface area contributed by atoms with Gasteiger partial charge in [-0.15, -0.1) is 5.10 Å². The van der Waals surface area contributed by atoms with E-state index in [0.717, 1.165) is 11.8 Å². The fourth-order valence-corrected chi connectivity index (χ4v) is 2.51. The predicted octanol–water partition coefficient (Wildman–Crippen LogP) is 2.50. The van der Waals surface area contributed by atoms with Gasteiger partial charge in [-0.05, 0) is 25.1 Å². The van der Waals surface area contributed by atoms with E-state index in [4.69, 9.17) is 16.3 Å². The lowest BCUT2D eigenvalue weighted by molar-refractivity contribution is -0.117. The summed E-state index contributed by atoms with van der Waals surface area (Å²) in [5.41, 5.74) is 0.653. The number of ether oxygens (including phenoxy) is 2. The first kappa shape index (κ1) is 18.1. The molecule has 1 heterocycles. The molecule has 0 aliphatic carbocycles. The van der Waals surface area contributed by atoms with E-state index in [1.54, 1.807) is 32.2 Å². The fraction of sp³-hybridized carbons (Fsp3) is 0.286. The third kappa shape index (κ3) is 4.87. The lowest BCUT2D eigenvalue weighted by Gasteiger charge is -2.05. The quantitative estimate of drug-likeness (QED) is 0.752. The summed E-state index contributed by atoms with van der Waals surface area (Å²) in [4.78, 5) is 27.0. The molecule has 0 aliphatic heterocycles. The van der Waals surface area contributed by atoms with Gasteiger partial charge in [0.2, 0.25) is 11.1 Å². The summed E-state index contributed by atoms with van der Waals surface area (Å²) in [7, 11) is 1.54. The number of rotatable bonds is 6. The molecule has 0 spiro atoms. The molecule has 2 N–H and O–H groups in total. The van der Waals surface area contributed by atoms with Crippen LogP contribution < -0.4 is 10.1 Å². The SMILES string of the molecule is CCOC(=O)NC(=O)CSc1n[nH]c(-c2cc(Cl)ccc2OC)n1. The number of carbonyl (C=O) groups excluding carboxylic acids is 2. The van der Waals surface area contributed by atoms with Crippen LogP contribution in [0, 0.1) is 0 Å². The summed E-state index contributed by atoms with van der Waals surface area (Å²) in [6, 6.07) is 5.12. The van der Waals surface area contributed by atoms with Gasteiger partial charge in [-0.2, -0.15) is 0 Å². The van der Waals surface area contributed by atoms with Crippen molar-refractivity contribution < 1.29 is 19.1 Å². The number of H-pyrrole nitrogens is 1. The summed E-state index contributed by atoms with van der Waals surface area (Å²) in [5, 5.41) is 9.76. The smallest absolute Gasteiger partial charge is 0.413 e. The molecule has 0 atom stereocenters. The van der Waals surface area contributed by atoms with Crippen LogP contribution in [0.3, 0.4) is 0 Å². The molecule has 128 valence electrons. The molecule has 1 aromatic carbocycles. The Kier molecular flexibility index (Phi) is 6.44. The molecule has 8 nitrogen and oxygen atoms in total. The normalized spacial score (nSPS) is 10.3. The molecule has 0 saturated heterocycles. The van der Waals surface area contributed by atoms with Gasteiger partial charge in [0.15, 0.2) is 5.82 Å². The zero-order valence-corrected chi connectivity index (χ0v) is 14.5. The lowest BCUT2D eigenvalue weighted by Crippen LogP contribution is -2.32. The molecule has 0 saturated carbocycles. The van der Waals surface area contributed by atoms with Crippen molar-refractivity contribution in [2.24, 2.45) is 0 Å². The lowest BCUT2D eigenvalue weighted by atomic mass is 10.2. The number of imide groups is 1. The van der Waals surface area contributed by atoms with Crippen molar-refractivity contribution in [3.63, 3.8) is 0 Å². The number of amides is 2. The molecular formula is C14H15ClN4O4S. The second kappa shape index (κ2) is 8.55. The average molecular weight is 371 g/mol. The first-order valence-electron chi connectivity index (χ1n) is 6.89. The van der Waals surface area contributed by atoms with Gasteiger partial charge in [0.05, 0.1) is 25.0 Å². The standard InChI is InChI=1S/C14H15ClN4O4S/c1-3-23-14(21)16-11(20)7-24-13-17-12(18-19-13)9-6-8(15)4-5-10(9)22-2/h4-6H,3,7H2,1-2H3,(H,16,20,21)(H,17,18,19). The molecule has 0 bridgehead atoms. The van der Waals surface area contributed by atoms with E-state index in [2.05, 4.69) is 25.2 Å². The number of nitrogens with zero attached hydrogens (tertiary/aromatic N) is 2. The minimum atomic E-state index is -0.776. The van der Waals surface area contributed by atoms with E-state index in [1.807, 2.05) is 0 Å². The van der Waals surface area contributed by atoms with Gasteiger partial charge in [-0.3, -0.25) is 15.2 Å². The second-order valence-corrected chi connectivity index (χ2v) is 5.75. The third-order valence-corrected chi connectivity index (χ3v) is 3.81. The van der Waals surface area contributed by atoms with E-state index in [-0.39, 0.29) is 12.4 Å². The Balaban J connectivity index is 2.00. The van der Waals surface area contributed by atoms with Crippen LogP contribution in [0.5, 0.6) is 5.75 Å². The van der Waals surface area contributed by atoms with Gasteiger partial charge < -0.3 is 9.47 Å². The average Bonchev–Trinajstić information content (AvgIpc) is 3.02. The van der Waals surface area contributed by atoms with Gasteiger partial charge in [-0.25, -0.2) is 9.78 Å². The molecule has 2 amide bonds. The highest BCUT2D eigenvalue weighted by Crippen LogP contribution is 2.31. The van der Waals surface area contributed by atoms with Crippen molar-refractivity contribution in [2.45, 2.75) is 12.1 Å². The van der Waals surface area contributed by atoms with Crippen molar-refractivity contribution in [2.75, 3.05) is 19.5 Å².